The van der Waals surface area contributed by atoms with Gasteiger partial charge in [-0.1, -0.05) is 52.7 Å². The van der Waals surface area contributed by atoms with Gasteiger partial charge >= 0.3 is 5.97 Å². The van der Waals surface area contributed by atoms with Crippen molar-refractivity contribution >= 4 is 5.97 Å². The zero-order valence-corrected chi connectivity index (χ0v) is 14.9. The van der Waals surface area contributed by atoms with Crippen LogP contribution in [-0.4, -0.2) is 17.2 Å². The van der Waals surface area contributed by atoms with Crippen molar-refractivity contribution < 1.29 is 14.6 Å². The summed E-state index contributed by atoms with van der Waals surface area (Å²) in [5.74, 6) is -0.134. The fourth-order valence-electron chi connectivity index (χ4n) is 3.52. The molecule has 1 aromatic rings. The predicted molar refractivity (Wildman–Crippen MR) is 93.0 cm³/mol. The summed E-state index contributed by atoms with van der Waals surface area (Å²) in [5, 5.41) is 9.27. The highest BCUT2D eigenvalue weighted by molar-refractivity contribution is 5.72. The molecule has 2 rings (SSSR count). The standard InChI is InChI=1S/C20H30O3/c1-13(2)17-9-15(12-23-16-7-5-6-8-16)10-18(14(3)4)19(17)11-20(21)22/h9-10,13-14,16H,5-8,11-12H2,1-4H3,(H,21,22). The van der Waals surface area contributed by atoms with Gasteiger partial charge in [0.25, 0.3) is 0 Å². The maximum atomic E-state index is 11.3. The van der Waals surface area contributed by atoms with Crippen LogP contribution in [0.5, 0.6) is 0 Å². The molecule has 1 N–H and O–H groups in total. The minimum atomic E-state index is -0.760. The molecule has 23 heavy (non-hydrogen) atoms. The Kier molecular flexibility index (Phi) is 6.23. The van der Waals surface area contributed by atoms with Crippen LogP contribution in [0.25, 0.3) is 0 Å². The Labute approximate surface area is 140 Å². The molecule has 0 aromatic heterocycles. The van der Waals surface area contributed by atoms with Crippen LogP contribution in [-0.2, 0) is 22.6 Å². The second-order valence-corrected chi connectivity index (χ2v) is 7.35. The van der Waals surface area contributed by atoms with Crippen molar-refractivity contribution in [2.24, 2.45) is 0 Å². The second kappa shape index (κ2) is 7.96. The number of carboxylic acids is 1. The van der Waals surface area contributed by atoms with Gasteiger partial charge in [-0.25, -0.2) is 0 Å². The largest absolute Gasteiger partial charge is 0.481 e. The molecule has 0 atom stereocenters. The van der Waals surface area contributed by atoms with Crippen molar-refractivity contribution in [3.8, 4) is 0 Å². The molecule has 1 saturated carbocycles. The van der Waals surface area contributed by atoms with Gasteiger partial charge in [-0.3, -0.25) is 4.79 Å². The van der Waals surface area contributed by atoms with Crippen LogP contribution in [0, 0.1) is 0 Å². The summed E-state index contributed by atoms with van der Waals surface area (Å²) in [6.45, 7) is 9.16. The highest BCUT2D eigenvalue weighted by atomic mass is 16.5. The van der Waals surface area contributed by atoms with Crippen LogP contribution in [0.15, 0.2) is 12.1 Å². The van der Waals surface area contributed by atoms with Crippen molar-refractivity contribution in [3.63, 3.8) is 0 Å². The third-order valence-corrected chi connectivity index (χ3v) is 4.74. The number of carboxylic acid groups (broad SMARTS) is 1. The van der Waals surface area contributed by atoms with Gasteiger partial charge in [-0.2, -0.15) is 0 Å². The van der Waals surface area contributed by atoms with Crippen LogP contribution < -0.4 is 0 Å². The van der Waals surface area contributed by atoms with E-state index in [0.717, 1.165) is 16.7 Å². The van der Waals surface area contributed by atoms with Gasteiger partial charge in [0.05, 0.1) is 19.1 Å². The summed E-state index contributed by atoms with van der Waals surface area (Å²) in [6.07, 6.45) is 5.40. The van der Waals surface area contributed by atoms with E-state index in [-0.39, 0.29) is 6.42 Å². The van der Waals surface area contributed by atoms with Crippen LogP contribution in [0.2, 0.25) is 0 Å². The molecule has 128 valence electrons. The lowest BCUT2D eigenvalue weighted by Gasteiger charge is -2.21. The maximum Gasteiger partial charge on any atom is 0.307 e. The Bertz CT molecular complexity index is 511. The lowest BCUT2D eigenvalue weighted by Crippen LogP contribution is -2.12. The topological polar surface area (TPSA) is 46.5 Å². The van der Waals surface area contributed by atoms with Crippen molar-refractivity contribution in [1.82, 2.24) is 0 Å². The first-order chi connectivity index (χ1) is 10.9. The first-order valence-corrected chi connectivity index (χ1v) is 8.87. The van der Waals surface area contributed by atoms with Gasteiger partial charge in [0.2, 0.25) is 0 Å². The monoisotopic (exact) mass is 318 g/mol. The van der Waals surface area contributed by atoms with Gasteiger partial charge in [-0.05, 0) is 46.9 Å². The fraction of sp³-hybridized carbons (Fsp3) is 0.650. The molecular formula is C20H30O3. The molecule has 0 heterocycles. The maximum absolute atomic E-state index is 11.3. The van der Waals surface area contributed by atoms with E-state index < -0.39 is 5.97 Å². The first-order valence-electron chi connectivity index (χ1n) is 8.87. The number of hydrogen-bond donors (Lipinski definition) is 1. The Morgan fingerprint density at radius 3 is 2.09 bits per heavy atom. The highest BCUT2D eigenvalue weighted by Gasteiger charge is 2.19. The van der Waals surface area contributed by atoms with E-state index in [2.05, 4.69) is 39.8 Å². The number of ether oxygens (including phenoxy) is 1. The number of hydrogen-bond acceptors (Lipinski definition) is 2. The summed E-state index contributed by atoms with van der Waals surface area (Å²) in [6, 6.07) is 4.31. The van der Waals surface area contributed by atoms with Gasteiger partial charge in [-0.15, -0.1) is 0 Å². The second-order valence-electron chi connectivity index (χ2n) is 7.35. The van der Waals surface area contributed by atoms with Gasteiger partial charge in [0, 0.05) is 0 Å². The van der Waals surface area contributed by atoms with Crippen molar-refractivity contribution in [2.45, 2.75) is 84.3 Å². The zero-order valence-electron chi connectivity index (χ0n) is 14.9. The number of rotatable bonds is 7. The molecule has 1 aromatic carbocycles. The van der Waals surface area contributed by atoms with Crippen LogP contribution in [0.3, 0.4) is 0 Å². The quantitative estimate of drug-likeness (QED) is 0.768. The summed E-state index contributed by atoms with van der Waals surface area (Å²) >= 11 is 0. The highest BCUT2D eigenvalue weighted by Crippen LogP contribution is 2.31. The van der Waals surface area contributed by atoms with Gasteiger partial charge in [0.1, 0.15) is 0 Å². The third-order valence-electron chi connectivity index (χ3n) is 4.74. The minimum absolute atomic E-state index is 0.102. The molecule has 0 aliphatic heterocycles. The summed E-state index contributed by atoms with van der Waals surface area (Å²) < 4.78 is 6.06. The van der Waals surface area contributed by atoms with Crippen LogP contribution in [0.1, 0.15) is 87.5 Å². The first kappa shape index (κ1) is 18.0. The molecule has 0 bridgehead atoms. The Balaban J connectivity index is 2.30. The minimum Gasteiger partial charge on any atom is -0.481 e. The Morgan fingerprint density at radius 1 is 1.13 bits per heavy atom. The molecule has 0 radical (unpaired) electrons. The summed E-state index contributed by atoms with van der Waals surface area (Å²) in [4.78, 5) is 11.3. The van der Waals surface area contributed by atoms with Crippen LogP contribution in [0.4, 0.5) is 0 Å². The lowest BCUT2D eigenvalue weighted by molar-refractivity contribution is -0.136. The Morgan fingerprint density at radius 2 is 1.65 bits per heavy atom. The normalized spacial score (nSPS) is 15.7. The molecule has 3 nitrogen and oxygen atoms in total. The average molecular weight is 318 g/mol. The molecule has 3 heteroatoms. The lowest BCUT2D eigenvalue weighted by atomic mass is 9.85. The smallest absolute Gasteiger partial charge is 0.307 e. The van der Waals surface area contributed by atoms with E-state index in [9.17, 15) is 9.90 Å². The SMILES string of the molecule is CC(C)c1cc(COC2CCCC2)cc(C(C)C)c1CC(=O)O. The molecule has 1 aliphatic rings. The van der Waals surface area contributed by atoms with E-state index in [1.54, 1.807) is 0 Å². The Hall–Kier alpha value is -1.35. The van der Waals surface area contributed by atoms with Crippen LogP contribution >= 0.6 is 0 Å². The van der Waals surface area contributed by atoms with E-state index in [1.165, 1.54) is 31.2 Å². The third kappa shape index (κ3) is 4.81. The predicted octanol–water partition coefficient (Wildman–Crippen LogP) is 5.02. The fourth-order valence-corrected chi connectivity index (χ4v) is 3.52. The van der Waals surface area contributed by atoms with E-state index in [4.69, 9.17) is 4.74 Å². The number of carbonyl (C=O) groups is 1. The van der Waals surface area contributed by atoms with Crippen molar-refractivity contribution in [1.29, 1.82) is 0 Å². The van der Waals surface area contributed by atoms with Crippen molar-refractivity contribution in [3.05, 3.63) is 34.4 Å². The molecule has 0 unspecified atom stereocenters. The van der Waals surface area contributed by atoms with Crippen molar-refractivity contribution in [2.75, 3.05) is 0 Å². The molecule has 1 fully saturated rings. The molecule has 1 aliphatic carbocycles. The average Bonchev–Trinajstić information content (AvgIpc) is 2.98. The molecule has 0 saturated heterocycles. The van der Waals surface area contributed by atoms with E-state index in [1.807, 2.05) is 0 Å². The van der Waals surface area contributed by atoms with Gasteiger partial charge < -0.3 is 9.84 Å². The summed E-state index contributed by atoms with van der Waals surface area (Å²) in [7, 11) is 0. The molecule has 0 amide bonds. The molecular weight excluding hydrogens is 288 g/mol. The van der Waals surface area contributed by atoms with E-state index >= 15 is 0 Å². The summed E-state index contributed by atoms with van der Waals surface area (Å²) in [5.41, 5.74) is 4.48. The van der Waals surface area contributed by atoms with Gasteiger partial charge in [0.15, 0.2) is 0 Å². The molecule has 0 spiro atoms. The van der Waals surface area contributed by atoms with E-state index in [0.29, 0.717) is 24.5 Å². The number of benzene rings is 1. The zero-order chi connectivity index (χ0) is 17.0. The number of aliphatic carboxylic acids is 1.